The maximum Gasteiger partial charge on any atom is 0.490 e. The van der Waals surface area contributed by atoms with Crippen LogP contribution < -0.4 is 16.4 Å². The molecule has 0 aliphatic carbocycles. The molecule has 0 radical (unpaired) electrons. The second-order valence-electron chi connectivity index (χ2n) is 12.8. The number of nitrogens with two attached hydrogens (primary N) is 1. The van der Waals surface area contributed by atoms with Gasteiger partial charge in [0.15, 0.2) is 0 Å². The van der Waals surface area contributed by atoms with Gasteiger partial charge < -0.3 is 36.0 Å². The second-order valence-corrected chi connectivity index (χ2v) is 13.8. The number of ether oxygens (including phenoxy) is 1. The van der Waals surface area contributed by atoms with Gasteiger partial charge >= 0.3 is 12.1 Å². The number of hydrogen-bond acceptors (Lipinski definition) is 10. The van der Waals surface area contributed by atoms with Gasteiger partial charge in [0.05, 0.1) is 13.1 Å². The third-order valence-electron chi connectivity index (χ3n) is 8.53. The number of aromatic nitrogens is 2. The van der Waals surface area contributed by atoms with Gasteiger partial charge in [0, 0.05) is 72.9 Å². The molecule has 13 nitrogen and oxygen atoms in total. The van der Waals surface area contributed by atoms with E-state index in [2.05, 4.69) is 25.3 Å². The first kappa shape index (κ1) is 47.2. The maximum atomic E-state index is 13.6. The SMILES string of the molecule is CCN(Cc1nccs1)C(=O)c1ccc(NC=O)cc1CN(C)C(=O)CNc1ccc2c(N)nccc2c1.COCC(F)(F)c1c(C)cccc1C.O=C(O)C(F)(F)F. The average Bonchev–Trinajstić information content (AvgIpc) is 3.69. The monoisotopic (exact) mass is 845 g/mol. The molecule has 316 valence electrons. The molecule has 0 aliphatic heterocycles. The van der Waals surface area contributed by atoms with Crippen molar-refractivity contribution < 1.29 is 51.0 Å². The number of fused-ring (bicyclic) bond motifs is 1. The predicted octanol–water partition coefficient (Wildman–Crippen LogP) is 7.25. The Labute approximate surface area is 341 Å². The topological polar surface area (TPSA) is 180 Å². The smallest absolute Gasteiger partial charge is 0.475 e. The summed E-state index contributed by atoms with van der Waals surface area (Å²) in [6.07, 6.45) is -1.15. The highest BCUT2D eigenvalue weighted by molar-refractivity contribution is 7.09. The number of nitrogen functional groups attached to an aromatic ring is 1. The number of nitrogens with zero attached hydrogens (tertiary/aromatic N) is 4. The van der Waals surface area contributed by atoms with E-state index in [0.717, 1.165) is 21.5 Å². The van der Waals surface area contributed by atoms with E-state index in [4.69, 9.17) is 15.6 Å². The van der Waals surface area contributed by atoms with Crippen molar-refractivity contribution in [1.82, 2.24) is 19.8 Å². The Morgan fingerprint density at radius 2 is 1.61 bits per heavy atom. The Kier molecular flexibility index (Phi) is 17.2. The lowest BCUT2D eigenvalue weighted by molar-refractivity contribution is -0.192. The van der Waals surface area contributed by atoms with Crippen molar-refractivity contribution in [2.24, 2.45) is 0 Å². The van der Waals surface area contributed by atoms with Gasteiger partial charge in [-0.2, -0.15) is 22.0 Å². The first-order chi connectivity index (χ1) is 27.8. The summed E-state index contributed by atoms with van der Waals surface area (Å²) < 4.78 is 63.4. The van der Waals surface area contributed by atoms with Crippen LogP contribution in [-0.4, -0.2) is 89.1 Å². The molecule has 3 amide bonds. The van der Waals surface area contributed by atoms with Gasteiger partial charge in [-0.05, 0) is 85.3 Å². The molecule has 19 heteroatoms. The van der Waals surface area contributed by atoms with E-state index in [1.165, 1.54) is 18.4 Å². The van der Waals surface area contributed by atoms with Crippen molar-refractivity contribution in [3.8, 4) is 0 Å². The fourth-order valence-corrected chi connectivity index (χ4v) is 6.33. The minimum absolute atomic E-state index is 0.0588. The zero-order valence-corrected chi connectivity index (χ0v) is 33.6. The number of nitrogens with one attached hydrogen (secondary N) is 2. The number of hydrogen-bond donors (Lipinski definition) is 4. The number of methoxy groups -OCH3 is 1. The van der Waals surface area contributed by atoms with Crippen molar-refractivity contribution in [2.75, 3.05) is 50.2 Å². The average molecular weight is 846 g/mol. The van der Waals surface area contributed by atoms with Crippen LogP contribution in [0.2, 0.25) is 0 Å². The van der Waals surface area contributed by atoms with Crippen LogP contribution in [0.3, 0.4) is 0 Å². The molecule has 0 saturated carbocycles. The summed E-state index contributed by atoms with van der Waals surface area (Å²) in [4.78, 5) is 58.0. The highest BCUT2D eigenvalue weighted by Gasteiger charge is 2.38. The molecule has 0 spiro atoms. The molecule has 5 rings (SSSR count). The standard InChI is InChI=1S/C27H29N7O3S.C11H14F2O.C2HF3O2/c1-3-34(16-24-29-10-11-38-24)27(37)23-7-5-21(32-17-35)13-19(23)15-33(2)25(36)14-31-20-4-6-22-18(12-20)8-9-30-26(22)28;1-8-5-4-6-9(2)10(8)11(12,13)7-14-3;3-2(4,5)1(6)7/h4-13,17,31H,3,14-16H2,1-2H3,(H2,28,30)(H,32,35);4-6H,7H2,1-3H3;(H,6,7). The van der Waals surface area contributed by atoms with Gasteiger partial charge in [-0.15, -0.1) is 11.3 Å². The van der Waals surface area contributed by atoms with E-state index in [0.29, 0.717) is 53.3 Å². The second kappa shape index (κ2) is 21.5. The Hall–Kier alpha value is -6.21. The molecule has 0 atom stereocenters. The summed E-state index contributed by atoms with van der Waals surface area (Å²) in [5.41, 5.74) is 9.62. The van der Waals surface area contributed by atoms with Crippen LogP contribution in [-0.2, 0) is 38.1 Å². The number of pyridine rings is 1. The quantitative estimate of drug-likeness (QED) is 0.0657. The zero-order valence-electron chi connectivity index (χ0n) is 32.8. The van der Waals surface area contributed by atoms with Crippen molar-refractivity contribution in [3.05, 3.63) is 111 Å². The van der Waals surface area contributed by atoms with Crippen LogP contribution in [0, 0.1) is 13.8 Å². The fraction of sp³-hybridized carbons (Fsp3) is 0.300. The highest BCUT2D eigenvalue weighted by atomic mass is 32.1. The molecule has 5 aromatic rings. The van der Waals surface area contributed by atoms with Gasteiger partial charge in [0.2, 0.25) is 12.3 Å². The van der Waals surface area contributed by atoms with E-state index in [1.807, 2.05) is 36.6 Å². The molecule has 2 aromatic heterocycles. The predicted molar refractivity (Wildman–Crippen MR) is 215 cm³/mol. The van der Waals surface area contributed by atoms with E-state index < -0.39 is 24.7 Å². The molecular formula is C40H44F5N7O6S. The van der Waals surface area contributed by atoms with Crippen molar-refractivity contribution in [2.45, 2.75) is 46.0 Å². The van der Waals surface area contributed by atoms with Gasteiger partial charge in [0.25, 0.3) is 11.8 Å². The van der Waals surface area contributed by atoms with Gasteiger partial charge in [-0.1, -0.05) is 18.2 Å². The summed E-state index contributed by atoms with van der Waals surface area (Å²) in [6.45, 7) is 5.85. The minimum atomic E-state index is -5.08. The van der Waals surface area contributed by atoms with Crippen LogP contribution in [0.1, 0.15) is 44.5 Å². The number of aryl methyl sites for hydroxylation is 2. The lowest BCUT2D eigenvalue weighted by Crippen LogP contribution is -2.34. The Bertz CT molecular complexity index is 2190. The normalized spacial score (nSPS) is 11.0. The van der Waals surface area contributed by atoms with Crippen LogP contribution in [0.25, 0.3) is 10.8 Å². The largest absolute Gasteiger partial charge is 0.490 e. The number of amides is 3. The Morgan fingerprint density at radius 1 is 0.949 bits per heavy atom. The molecule has 3 aromatic carbocycles. The number of carbonyl (C=O) groups is 4. The lowest BCUT2D eigenvalue weighted by atomic mass is 9.98. The minimum Gasteiger partial charge on any atom is -0.475 e. The van der Waals surface area contributed by atoms with Crippen molar-refractivity contribution in [1.29, 1.82) is 0 Å². The summed E-state index contributed by atoms with van der Waals surface area (Å²) in [6, 6.07) is 17.7. The number of likely N-dealkylation sites (N-methyl/N-ethyl adjacent to an activating group) is 1. The third kappa shape index (κ3) is 13.7. The van der Waals surface area contributed by atoms with Crippen molar-refractivity contribution in [3.63, 3.8) is 0 Å². The number of rotatable bonds is 14. The summed E-state index contributed by atoms with van der Waals surface area (Å²) >= 11 is 1.49. The van der Waals surface area contributed by atoms with Crippen LogP contribution in [0.4, 0.5) is 39.1 Å². The van der Waals surface area contributed by atoms with Gasteiger partial charge in [-0.25, -0.2) is 14.8 Å². The van der Waals surface area contributed by atoms with Gasteiger partial charge in [-0.3, -0.25) is 14.4 Å². The van der Waals surface area contributed by atoms with E-state index in [9.17, 15) is 36.3 Å². The number of anilines is 3. The number of aliphatic carboxylic acids is 1. The molecule has 2 heterocycles. The molecule has 0 fully saturated rings. The summed E-state index contributed by atoms with van der Waals surface area (Å²) in [5.74, 6) is -5.53. The molecular weight excluding hydrogens is 802 g/mol. The number of carbonyl (C=O) groups excluding carboxylic acids is 3. The van der Waals surface area contributed by atoms with Crippen LogP contribution >= 0.6 is 11.3 Å². The van der Waals surface area contributed by atoms with Gasteiger partial charge in [0.1, 0.15) is 17.4 Å². The Balaban J connectivity index is 0.000000363. The molecule has 0 unspecified atom stereocenters. The van der Waals surface area contributed by atoms with E-state index >= 15 is 0 Å². The first-order valence-electron chi connectivity index (χ1n) is 17.7. The van der Waals surface area contributed by atoms with E-state index in [1.54, 1.807) is 79.5 Å². The summed E-state index contributed by atoms with van der Waals surface area (Å²) in [5, 5.41) is 17.4. The molecule has 0 saturated heterocycles. The molecule has 0 bridgehead atoms. The number of thiazole rings is 1. The summed E-state index contributed by atoms with van der Waals surface area (Å²) in [7, 11) is 2.96. The number of alkyl halides is 5. The van der Waals surface area contributed by atoms with E-state index in [-0.39, 0.29) is 30.5 Å². The van der Waals surface area contributed by atoms with Crippen LogP contribution in [0.5, 0.6) is 0 Å². The third-order valence-corrected chi connectivity index (χ3v) is 9.29. The fourth-order valence-electron chi connectivity index (χ4n) is 5.70. The zero-order chi connectivity index (χ0) is 43.9. The maximum absolute atomic E-state index is 13.6. The lowest BCUT2D eigenvalue weighted by Gasteiger charge is -2.24. The first-order valence-corrected chi connectivity index (χ1v) is 18.6. The molecule has 5 N–H and O–H groups in total. The number of benzene rings is 3. The molecule has 0 aliphatic rings. The van der Waals surface area contributed by atoms with Crippen LogP contribution in [0.15, 0.2) is 78.4 Å². The molecule has 59 heavy (non-hydrogen) atoms. The highest BCUT2D eigenvalue weighted by Crippen LogP contribution is 2.33. The number of carboxylic acid groups (broad SMARTS) is 1. The van der Waals surface area contributed by atoms with Crippen molar-refractivity contribution >= 4 is 63.5 Å². The Morgan fingerprint density at radius 3 is 2.19 bits per heavy atom. The number of halogens is 5. The number of carboxylic acids is 1.